The molecule has 0 saturated carbocycles. The van der Waals surface area contributed by atoms with E-state index in [4.69, 9.17) is 9.72 Å². The molecule has 1 aromatic heterocycles. The average Bonchev–Trinajstić information content (AvgIpc) is 3.04. The van der Waals surface area contributed by atoms with Crippen molar-refractivity contribution in [1.82, 2.24) is 14.9 Å². The number of aromatic nitrogens is 2. The van der Waals surface area contributed by atoms with Crippen LogP contribution < -0.4 is 10.1 Å². The Labute approximate surface area is 183 Å². The number of nitrogens with zero attached hydrogens (tertiary/aromatic N) is 2. The fourth-order valence-electron chi connectivity index (χ4n) is 3.87. The first-order valence-electron chi connectivity index (χ1n) is 10.7. The second-order valence-electron chi connectivity index (χ2n) is 8.64. The molecule has 0 aliphatic carbocycles. The summed E-state index contributed by atoms with van der Waals surface area (Å²) in [6, 6.07) is 6.68. The van der Waals surface area contributed by atoms with Crippen molar-refractivity contribution >= 4 is 22.1 Å². The van der Waals surface area contributed by atoms with Gasteiger partial charge in [-0.05, 0) is 50.3 Å². The van der Waals surface area contributed by atoms with Gasteiger partial charge in [-0.25, -0.2) is 4.98 Å². The van der Waals surface area contributed by atoms with E-state index < -0.39 is 0 Å². The summed E-state index contributed by atoms with van der Waals surface area (Å²) in [5.74, 6) is 3.27. The zero-order valence-corrected chi connectivity index (χ0v) is 19.9. The van der Waals surface area contributed by atoms with Crippen molar-refractivity contribution in [2.45, 2.75) is 71.9 Å². The number of benzene rings is 1. The lowest BCUT2D eigenvalue weighted by Crippen LogP contribution is -2.26. The number of fused-ring (bicyclic) bond motifs is 1. The van der Waals surface area contributed by atoms with Crippen molar-refractivity contribution < 1.29 is 4.74 Å². The van der Waals surface area contributed by atoms with Crippen LogP contribution in [-0.2, 0) is 13.0 Å². The Kier molecular flexibility index (Phi) is 7.58. The molecule has 2 atom stereocenters. The van der Waals surface area contributed by atoms with E-state index in [0.29, 0.717) is 12.0 Å². The van der Waals surface area contributed by atoms with Crippen molar-refractivity contribution in [2.75, 3.05) is 7.11 Å². The number of nitrogens with one attached hydrogen (secondary N) is 1. The number of imidazole rings is 1. The summed E-state index contributed by atoms with van der Waals surface area (Å²) in [6.45, 7) is 9.90. The molecule has 5 heteroatoms. The normalized spacial score (nSPS) is 16.9. The predicted octanol–water partition coefficient (Wildman–Crippen LogP) is 6.14. The van der Waals surface area contributed by atoms with Crippen LogP contribution in [0.15, 0.2) is 28.7 Å². The van der Waals surface area contributed by atoms with E-state index in [9.17, 15) is 0 Å². The maximum atomic E-state index is 5.62. The van der Waals surface area contributed by atoms with Crippen LogP contribution in [0.2, 0.25) is 0 Å². The van der Waals surface area contributed by atoms with E-state index in [2.05, 4.69) is 71.9 Å². The summed E-state index contributed by atoms with van der Waals surface area (Å²) in [5, 5.41) is 3.70. The molecule has 2 heterocycles. The SMILES string of the molecule is COc1ccc(Br)cc1Cc1c(CN[C@@H](C)CCC(C)C)nc2n1C=CCC2C. The lowest BCUT2D eigenvalue weighted by atomic mass is 10.0. The van der Waals surface area contributed by atoms with Crippen molar-refractivity contribution in [3.63, 3.8) is 0 Å². The molecule has 29 heavy (non-hydrogen) atoms. The Morgan fingerprint density at radius 1 is 1.28 bits per heavy atom. The molecule has 1 aliphatic rings. The highest BCUT2D eigenvalue weighted by molar-refractivity contribution is 9.10. The molecule has 1 aromatic carbocycles. The Bertz CT molecular complexity index is 856. The van der Waals surface area contributed by atoms with Crippen LogP contribution in [0.5, 0.6) is 5.75 Å². The molecule has 1 N–H and O–H groups in total. The van der Waals surface area contributed by atoms with E-state index in [1.165, 1.54) is 29.9 Å². The van der Waals surface area contributed by atoms with Gasteiger partial charge in [0.05, 0.1) is 18.5 Å². The van der Waals surface area contributed by atoms with E-state index in [-0.39, 0.29) is 0 Å². The maximum Gasteiger partial charge on any atom is 0.122 e. The van der Waals surface area contributed by atoms with E-state index in [0.717, 1.165) is 41.2 Å². The standard InChI is InChI=1S/C24H34BrN3O/c1-16(2)8-9-18(4)26-15-21-22(28-12-6-7-17(3)24(28)27-21)14-19-13-20(25)10-11-23(19)29-5/h6,10-13,16-18,26H,7-9,14-15H2,1-5H3/t17?,18-/m0/s1. The molecule has 0 spiro atoms. The van der Waals surface area contributed by atoms with Crippen LogP contribution in [0.25, 0.3) is 6.20 Å². The first-order chi connectivity index (χ1) is 13.9. The molecule has 3 rings (SSSR count). The van der Waals surface area contributed by atoms with Crippen molar-refractivity contribution in [3.8, 4) is 5.75 Å². The molecule has 2 aromatic rings. The van der Waals surface area contributed by atoms with Crippen LogP contribution in [0.4, 0.5) is 0 Å². The fourth-order valence-corrected chi connectivity index (χ4v) is 4.28. The van der Waals surface area contributed by atoms with Crippen LogP contribution in [-0.4, -0.2) is 22.7 Å². The quantitative estimate of drug-likeness (QED) is 0.489. The van der Waals surface area contributed by atoms with Gasteiger partial charge in [-0.2, -0.15) is 0 Å². The molecular weight excluding hydrogens is 426 g/mol. The number of hydrogen-bond donors (Lipinski definition) is 1. The third-order valence-electron chi connectivity index (χ3n) is 5.70. The zero-order valence-electron chi connectivity index (χ0n) is 18.3. The summed E-state index contributed by atoms with van der Waals surface area (Å²) in [7, 11) is 1.74. The summed E-state index contributed by atoms with van der Waals surface area (Å²) in [4.78, 5) is 5.07. The summed E-state index contributed by atoms with van der Waals surface area (Å²) >= 11 is 3.61. The molecular formula is C24H34BrN3O. The van der Waals surface area contributed by atoms with Gasteiger partial charge in [-0.15, -0.1) is 0 Å². The Hall–Kier alpha value is -1.59. The molecule has 1 unspecified atom stereocenters. The van der Waals surface area contributed by atoms with Gasteiger partial charge in [0.1, 0.15) is 11.6 Å². The summed E-state index contributed by atoms with van der Waals surface area (Å²) in [5.41, 5.74) is 3.57. The number of rotatable bonds is 9. The molecule has 0 radical (unpaired) electrons. The number of halogens is 1. The third kappa shape index (κ3) is 5.52. The van der Waals surface area contributed by atoms with Crippen LogP contribution in [0.1, 0.15) is 75.7 Å². The second kappa shape index (κ2) is 9.94. The van der Waals surface area contributed by atoms with Gasteiger partial charge in [0.25, 0.3) is 0 Å². The van der Waals surface area contributed by atoms with Gasteiger partial charge < -0.3 is 14.6 Å². The minimum absolute atomic E-state index is 0.440. The lowest BCUT2D eigenvalue weighted by Gasteiger charge is -2.17. The molecule has 0 saturated heterocycles. The van der Waals surface area contributed by atoms with Crippen LogP contribution in [0.3, 0.4) is 0 Å². The van der Waals surface area contributed by atoms with E-state index in [1.54, 1.807) is 7.11 Å². The van der Waals surface area contributed by atoms with Gasteiger partial charge in [0.2, 0.25) is 0 Å². The number of methoxy groups -OCH3 is 1. The fraction of sp³-hybridized carbons (Fsp3) is 0.542. The maximum absolute atomic E-state index is 5.62. The first-order valence-corrected chi connectivity index (χ1v) is 11.5. The minimum atomic E-state index is 0.440. The van der Waals surface area contributed by atoms with Crippen molar-refractivity contribution in [3.05, 3.63) is 51.5 Å². The van der Waals surface area contributed by atoms with Crippen molar-refractivity contribution in [1.29, 1.82) is 0 Å². The van der Waals surface area contributed by atoms with Gasteiger partial charge in [-0.3, -0.25) is 0 Å². The average molecular weight is 460 g/mol. The monoisotopic (exact) mass is 459 g/mol. The Morgan fingerprint density at radius 3 is 2.79 bits per heavy atom. The number of allylic oxidation sites excluding steroid dienone is 1. The predicted molar refractivity (Wildman–Crippen MR) is 124 cm³/mol. The topological polar surface area (TPSA) is 39.1 Å². The van der Waals surface area contributed by atoms with Gasteiger partial charge in [0, 0.05) is 41.2 Å². The van der Waals surface area contributed by atoms with Crippen molar-refractivity contribution in [2.24, 2.45) is 5.92 Å². The molecule has 0 amide bonds. The smallest absolute Gasteiger partial charge is 0.122 e. The zero-order chi connectivity index (χ0) is 21.0. The van der Waals surface area contributed by atoms with Gasteiger partial charge in [0.15, 0.2) is 0 Å². The van der Waals surface area contributed by atoms with Gasteiger partial charge >= 0.3 is 0 Å². The van der Waals surface area contributed by atoms with E-state index >= 15 is 0 Å². The third-order valence-corrected chi connectivity index (χ3v) is 6.19. The largest absolute Gasteiger partial charge is 0.496 e. The van der Waals surface area contributed by atoms with Gasteiger partial charge in [-0.1, -0.05) is 42.8 Å². The first kappa shape index (κ1) is 22.1. The highest BCUT2D eigenvalue weighted by atomic mass is 79.9. The Balaban J connectivity index is 1.87. The molecule has 0 bridgehead atoms. The van der Waals surface area contributed by atoms with Crippen LogP contribution >= 0.6 is 15.9 Å². The molecule has 4 nitrogen and oxygen atoms in total. The summed E-state index contributed by atoms with van der Waals surface area (Å²) in [6.07, 6.45) is 8.72. The molecule has 158 valence electrons. The number of ether oxygens (including phenoxy) is 1. The minimum Gasteiger partial charge on any atom is -0.496 e. The highest BCUT2D eigenvalue weighted by Crippen LogP contribution is 2.31. The Morgan fingerprint density at radius 2 is 2.07 bits per heavy atom. The lowest BCUT2D eigenvalue weighted by molar-refractivity contribution is 0.410. The highest BCUT2D eigenvalue weighted by Gasteiger charge is 2.23. The molecule has 1 aliphatic heterocycles. The summed E-state index contributed by atoms with van der Waals surface area (Å²) < 4.78 is 8.99. The number of hydrogen-bond acceptors (Lipinski definition) is 3. The van der Waals surface area contributed by atoms with E-state index in [1.807, 2.05) is 12.1 Å². The van der Waals surface area contributed by atoms with Crippen LogP contribution in [0, 0.1) is 5.92 Å². The molecule has 0 fully saturated rings. The second-order valence-corrected chi connectivity index (χ2v) is 9.56.